The zero-order chi connectivity index (χ0) is 10.1. The molecular weight excluding hydrogens is 168 g/mol. The van der Waals surface area contributed by atoms with E-state index in [4.69, 9.17) is 5.26 Å². The van der Waals surface area contributed by atoms with Crippen LogP contribution in [0.2, 0.25) is 0 Å². The second-order valence-electron chi connectivity index (χ2n) is 2.03. The zero-order valence-corrected chi connectivity index (χ0v) is 6.81. The molecule has 13 heavy (non-hydrogen) atoms. The predicted octanol–water partition coefficient (Wildman–Crippen LogP) is 0.738. The molecule has 4 heteroatoms. The minimum atomic E-state index is 0.589. The summed E-state index contributed by atoms with van der Waals surface area (Å²) in [7, 11) is 0. The smallest absolute Gasteiger partial charge is 0.173 e. The number of nitriles is 1. The van der Waals surface area contributed by atoms with Gasteiger partial charge < -0.3 is 5.73 Å². The van der Waals surface area contributed by atoms with Crippen LogP contribution in [0.1, 0.15) is 20.7 Å². The number of hydrogen-bond acceptors (Lipinski definition) is 4. The van der Waals surface area contributed by atoms with Crippen LogP contribution in [0, 0.1) is 11.5 Å². The van der Waals surface area contributed by atoms with Gasteiger partial charge in [-0.3, -0.25) is 9.59 Å². The molecule has 0 spiro atoms. The first kappa shape index (κ1) is 10.9. The Morgan fingerprint density at radius 1 is 1.08 bits per heavy atom. The number of carbonyl (C=O) groups is 2. The Labute approximate surface area is 75.6 Å². The van der Waals surface area contributed by atoms with Gasteiger partial charge >= 0.3 is 0 Å². The van der Waals surface area contributed by atoms with E-state index in [0.29, 0.717) is 11.1 Å². The summed E-state index contributed by atoms with van der Waals surface area (Å²) in [6, 6.07) is 6.43. The summed E-state index contributed by atoms with van der Waals surface area (Å²) in [6.07, 6.45) is 2.74. The quantitative estimate of drug-likeness (QED) is 0.409. The lowest BCUT2D eigenvalue weighted by atomic mass is 10.2. The molecule has 0 unspecified atom stereocenters. The fraction of sp³-hybridized carbons (Fsp3) is 0. The van der Waals surface area contributed by atoms with Crippen LogP contribution < -0.4 is 5.73 Å². The molecule has 0 fully saturated rings. The lowest BCUT2D eigenvalue weighted by Crippen LogP contribution is -1.81. The summed E-state index contributed by atoms with van der Waals surface area (Å²) in [5.41, 5.74) is 5.33. The number of nitrogens with zero attached hydrogens (tertiary/aromatic N) is 1. The Hall–Kier alpha value is -2.15. The molecule has 0 radical (unpaired) electrons. The molecule has 66 valence electrons. The molecule has 0 aliphatic heterocycles. The van der Waals surface area contributed by atoms with Crippen molar-refractivity contribution in [2.75, 3.05) is 0 Å². The highest BCUT2D eigenvalue weighted by molar-refractivity contribution is 5.79. The number of rotatable bonds is 2. The van der Waals surface area contributed by atoms with Crippen molar-refractivity contribution < 1.29 is 9.59 Å². The SMILES string of the molecule is N#CN.O=Cc1ccc(C=O)cc1. The average Bonchev–Trinajstić information content (AvgIpc) is 2.19. The molecule has 0 saturated carbocycles. The second-order valence-corrected chi connectivity index (χ2v) is 2.03. The molecule has 0 amide bonds. The number of carbonyl (C=O) groups excluding carboxylic acids is 2. The van der Waals surface area contributed by atoms with E-state index in [9.17, 15) is 9.59 Å². The van der Waals surface area contributed by atoms with Gasteiger partial charge in [-0.1, -0.05) is 24.3 Å². The monoisotopic (exact) mass is 176 g/mol. The summed E-state index contributed by atoms with van der Waals surface area (Å²) in [4.78, 5) is 20.2. The first-order chi connectivity index (χ1) is 6.28. The number of nitrogens with two attached hydrogens (primary N) is 1. The molecule has 1 aromatic carbocycles. The van der Waals surface area contributed by atoms with Gasteiger partial charge in [0.15, 0.2) is 6.19 Å². The summed E-state index contributed by atoms with van der Waals surface area (Å²) < 4.78 is 0. The highest BCUT2D eigenvalue weighted by Crippen LogP contribution is 1.98. The van der Waals surface area contributed by atoms with Gasteiger partial charge in [-0.2, -0.15) is 5.26 Å². The van der Waals surface area contributed by atoms with Crippen molar-refractivity contribution >= 4 is 12.6 Å². The van der Waals surface area contributed by atoms with Gasteiger partial charge in [0, 0.05) is 11.1 Å². The molecule has 0 bridgehead atoms. The number of hydrogen-bond donors (Lipinski definition) is 1. The molecule has 0 aromatic heterocycles. The van der Waals surface area contributed by atoms with Crippen molar-refractivity contribution in [1.82, 2.24) is 0 Å². The fourth-order valence-electron chi connectivity index (χ4n) is 0.653. The average molecular weight is 176 g/mol. The third-order valence-electron chi connectivity index (χ3n) is 1.21. The third-order valence-corrected chi connectivity index (χ3v) is 1.21. The molecule has 1 rings (SSSR count). The van der Waals surface area contributed by atoms with Gasteiger partial charge in [-0.15, -0.1) is 0 Å². The van der Waals surface area contributed by atoms with Gasteiger partial charge in [-0.05, 0) is 0 Å². The molecule has 0 heterocycles. The molecule has 0 saturated heterocycles. The Kier molecular flexibility index (Phi) is 5.47. The summed E-state index contributed by atoms with van der Waals surface area (Å²) in [5.74, 6) is 0. The van der Waals surface area contributed by atoms with E-state index >= 15 is 0 Å². The van der Waals surface area contributed by atoms with E-state index in [2.05, 4.69) is 5.73 Å². The molecule has 0 aliphatic rings. The minimum absolute atomic E-state index is 0.589. The Bertz CT molecular complexity index is 284. The minimum Gasteiger partial charge on any atom is -0.337 e. The maximum Gasteiger partial charge on any atom is 0.173 e. The van der Waals surface area contributed by atoms with Crippen molar-refractivity contribution in [1.29, 1.82) is 5.26 Å². The highest BCUT2D eigenvalue weighted by atomic mass is 16.1. The standard InChI is InChI=1S/C8H6O2.CH2N2/c9-5-7-1-2-8(6-10)4-3-7;2-1-3/h1-6H;2H2. The largest absolute Gasteiger partial charge is 0.337 e. The summed E-state index contributed by atoms with van der Waals surface area (Å²) in [5, 5.41) is 7.10. The first-order valence-electron chi connectivity index (χ1n) is 3.38. The molecule has 0 atom stereocenters. The second kappa shape index (κ2) is 6.55. The topological polar surface area (TPSA) is 83.9 Å². The van der Waals surface area contributed by atoms with Crippen LogP contribution in [0.4, 0.5) is 0 Å². The molecule has 2 N–H and O–H groups in total. The molecule has 4 nitrogen and oxygen atoms in total. The van der Waals surface area contributed by atoms with Crippen LogP contribution >= 0.6 is 0 Å². The predicted molar refractivity (Wildman–Crippen MR) is 47.0 cm³/mol. The lowest BCUT2D eigenvalue weighted by molar-refractivity contribution is 0.111. The summed E-state index contributed by atoms with van der Waals surface area (Å²) in [6.45, 7) is 0. The van der Waals surface area contributed by atoms with Crippen molar-refractivity contribution in [3.8, 4) is 6.19 Å². The maximum absolute atomic E-state index is 10.1. The summed E-state index contributed by atoms with van der Waals surface area (Å²) >= 11 is 0. The molecule has 1 aromatic rings. The Morgan fingerprint density at radius 3 is 1.46 bits per heavy atom. The van der Waals surface area contributed by atoms with Crippen LogP contribution in [-0.2, 0) is 0 Å². The van der Waals surface area contributed by atoms with Gasteiger partial charge in [0.05, 0.1) is 0 Å². The molecule has 0 aliphatic carbocycles. The Balaban J connectivity index is 0.000000424. The van der Waals surface area contributed by atoms with Crippen molar-refractivity contribution in [2.45, 2.75) is 0 Å². The Morgan fingerprint density at radius 2 is 1.31 bits per heavy atom. The maximum atomic E-state index is 10.1. The zero-order valence-electron chi connectivity index (χ0n) is 6.81. The fourth-order valence-corrected chi connectivity index (χ4v) is 0.653. The van der Waals surface area contributed by atoms with Gasteiger partial charge in [-0.25, -0.2) is 0 Å². The van der Waals surface area contributed by atoms with Crippen molar-refractivity contribution in [3.63, 3.8) is 0 Å². The van der Waals surface area contributed by atoms with E-state index < -0.39 is 0 Å². The van der Waals surface area contributed by atoms with Crippen molar-refractivity contribution in [2.24, 2.45) is 5.73 Å². The number of aldehydes is 2. The van der Waals surface area contributed by atoms with Gasteiger partial charge in [0.2, 0.25) is 0 Å². The van der Waals surface area contributed by atoms with E-state index in [1.54, 1.807) is 24.3 Å². The van der Waals surface area contributed by atoms with E-state index in [0.717, 1.165) is 12.6 Å². The van der Waals surface area contributed by atoms with Crippen LogP contribution in [0.15, 0.2) is 24.3 Å². The van der Waals surface area contributed by atoms with Crippen LogP contribution in [0.25, 0.3) is 0 Å². The van der Waals surface area contributed by atoms with E-state index in [-0.39, 0.29) is 0 Å². The van der Waals surface area contributed by atoms with Crippen molar-refractivity contribution in [3.05, 3.63) is 35.4 Å². The normalized spacial score (nSPS) is 7.31. The van der Waals surface area contributed by atoms with E-state index in [1.165, 1.54) is 6.19 Å². The van der Waals surface area contributed by atoms with Crippen LogP contribution in [0.5, 0.6) is 0 Å². The van der Waals surface area contributed by atoms with E-state index in [1.807, 2.05) is 0 Å². The number of benzene rings is 1. The highest BCUT2D eigenvalue weighted by Gasteiger charge is 1.88. The van der Waals surface area contributed by atoms with Crippen LogP contribution in [0.3, 0.4) is 0 Å². The van der Waals surface area contributed by atoms with Crippen LogP contribution in [-0.4, -0.2) is 12.6 Å². The van der Waals surface area contributed by atoms with Gasteiger partial charge in [0.25, 0.3) is 0 Å². The lowest BCUT2D eigenvalue weighted by Gasteiger charge is -1.88. The van der Waals surface area contributed by atoms with Gasteiger partial charge in [0.1, 0.15) is 12.6 Å². The first-order valence-corrected chi connectivity index (χ1v) is 3.38. The molecular formula is C9H8N2O2. The third kappa shape index (κ3) is 4.32.